The van der Waals surface area contributed by atoms with E-state index in [0.29, 0.717) is 12.0 Å². The molecular weight excluding hydrogens is 178 g/mol. The predicted molar refractivity (Wildman–Crippen MR) is 52.9 cm³/mol. The molecule has 1 N–H and O–H groups in total. The molecule has 1 aliphatic rings. The summed E-state index contributed by atoms with van der Waals surface area (Å²) in [5, 5.41) is 15.7. The summed E-state index contributed by atoms with van der Waals surface area (Å²) in [5.41, 5.74) is 0. The fraction of sp³-hybridized carbons (Fsp3) is 0.889. The van der Waals surface area contributed by atoms with Gasteiger partial charge >= 0.3 is 0 Å². The van der Waals surface area contributed by atoms with E-state index in [4.69, 9.17) is 0 Å². The lowest BCUT2D eigenvalue weighted by molar-refractivity contribution is 0.451. The molecule has 0 radical (unpaired) electrons. The minimum Gasteiger partial charge on any atom is -0.316 e. The van der Waals surface area contributed by atoms with E-state index in [-0.39, 0.29) is 0 Å². The summed E-state index contributed by atoms with van der Waals surface area (Å²) >= 11 is 0. The molecule has 5 nitrogen and oxygen atoms in total. The van der Waals surface area contributed by atoms with Crippen molar-refractivity contribution in [3.05, 3.63) is 5.82 Å². The first-order chi connectivity index (χ1) is 6.75. The molecule has 0 aliphatic carbocycles. The largest absolute Gasteiger partial charge is 0.316 e. The van der Waals surface area contributed by atoms with E-state index in [1.807, 2.05) is 0 Å². The number of nitrogens with one attached hydrogen (secondary N) is 1. The highest BCUT2D eigenvalue weighted by Gasteiger charge is 2.17. The van der Waals surface area contributed by atoms with Crippen molar-refractivity contribution in [2.24, 2.45) is 5.92 Å². The highest BCUT2D eigenvalue weighted by Crippen LogP contribution is 2.12. The standard InChI is InChI=1S/C9H17N5/c1-7(2)14-12-9(11-13-14)5-8-3-4-10-6-8/h7-8,10H,3-6H2,1-2H3. The lowest BCUT2D eigenvalue weighted by Gasteiger charge is -2.03. The van der Waals surface area contributed by atoms with Crippen molar-refractivity contribution in [2.45, 2.75) is 32.7 Å². The van der Waals surface area contributed by atoms with Gasteiger partial charge in [-0.1, -0.05) is 0 Å². The average Bonchev–Trinajstić information content (AvgIpc) is 2.75. The van der Waals surface area contributed by atoms with Gasteiger partial charge < -0.3 is 5.32 Å². The third-order valence-corrected chi connectivity index (χ3v) is 2.57. The van der Waals surface area contributed by atoms with Crippen molar-refractivity contribution in [2.75, 3.05) is 13.1 Å². The van der Waals surface area contributed by atoms with Gasteiger partial charge in [-0.25, -0.2) is 0 Å². The van der Waals surface area contributed by atoms with Crippen molar-refractivity contribution in [3.8, 4) is 0 Å². The third-order valence-electron chi connectivity index (χ3n) is 2.57. The maximum absolute atomic E-state index is 4.34. The van der Waals surface area contributed by atoms with Crippen molar-refractivity contribution in [3.63, 3.8) is 0 Å². The fourth-order valence-electron chi connectivity index (χ4n) is 1.70. The van der Waals surface area contributed by atoms with Crippen LogP contribution in [0.5, 0.6) is 0 Å². The first-order valence-corrected chi connectivity index (χ1v) is 5.25. The summed E-state index contributed by atoms with van der Waals surface area (Å²) in [7, 11) is 0. The Hall–Kier alpha value is -0.970. The van der Waals surface area contributed by atoms with Crippen LogP contribution in [0.3, 0.4) is 0 Å². The zero-order valence-electron chi connectivity index (χ0n) is 8.77. The molecule has 1 saturated heterocycles. The summed E-state index contributed by atoms with van der Waals surface area (Å²) in [6.07, 6.45) is 2.19. The van der Waals surface area contributed by atoms with Crippen molar-refractivity contribution in [1.29, 1.82) is 0 Å². The van der Waals surface area contributed by atoms with Gasteiger partial charge in [0.1, 0.15) is 0 Å². The second kappa shape index (κ2) is 4.04. The Balaban J connectivity index is 1.95. The molecular formula is C9H17N5. The third kappa shape index (κ3) is 2.09. The number of rotatable bonds is 3. The molecule has 0 aromatic carbocycles. The summed E-state index contributed by atoms with van der Waals surface area (Å²) in [6, 6.07) is 0.304. The lowest BCUT2D eigenvalue weighted by atomic mass is 10.1. The first kappa shape index (κ1) is 9.58. The van der Waals surface area contributed by atoms with Crippen LogP contribution in [0.1, 0.15) is 32.1 Å². The average molecular weight is 195 g/mol. The predicted octanol–water partition coefficient (Wildman–Crippen LogP) is 0.406. The molecule has 0 saturated carbocycles. The molecule has 1 unspecified atom stereocenters. The van der Waals surface area contributed by atoms with Gasteiger partial charge in [-0.15, -0.1) is 10.2 Å². The van der Waals surface area contributed by atoms with Crippen LogP contribution in [-0.4, -0.2) is 33.3 Å². The molecule has 1 atom stereocenters. The van der Waals surface area contributed by atoms with E-state index < -0.39 is 0 Å². The fourth-order valence-corrected chi connectivity index (χ4v) is 1.70. The molecule has 1 aliphatic heterocycles. The summed E-state index contributed by atoms with van der Waals surface area (Å²) in [5.74, 6) is 1.58. The van der Waals surface area contributed by atoms with Crippen LogP contribution in [0.4, 0.5) is 0 Å². The van der Waals surface area contributed by atoms with Gasteiger partial charge in [0.05, 0.1) is 6.04 Å². The van der Waals surface area contributed by atoms with Gasteiger partial charge in [0.25, 0.3) is 0 Å². The summed E-state index contributed by atoms with van der Waals surface area (Å²) < 4.78 is 0. The molecule has 2 rings (SSSR count). The number of nitrogens with zero attached hydrogens (tertiary/aromatic N) is 4. The van der Waals surface area contributed by atoms with E-state index in [9.17, 15) is 0 Å². The van der Waals surface area contributed by atoms with Crippen LogP contribution < -0.4 is 5.32 Å². The van der Waals surface area contributed by atoms with Gasteiger partial charge in [0.2, 0.25) is 0 Å². The second-order valence-corrected chi connectivity index (χ2v) is 4.18. The van der Waals surface area contributed by atoms with E-state index in [2.05, 4.69) is 34.6 Å². The lowest BCUT2D eigenvalue weighted by Crippen LogP contribution is -2.12. The molecule has 14 heavy (non-hydrogen) atoms. The van der Waals surface area contributed by atoms with Gasteiger partial charge in [0, 0.05) is 6.42 Å². The molecule has 0 amide bonds. The van der Waals surface area contributed by atoms with E-state index in [0.717, 1.165) is 25.3 Å². The SMILES string of the molecule is CC(C)n1nnc(CC2CCNC2)n1. The Kier molecular flexibility index (Phi) is 2.77. The van der Waals surface area contributed by atoms with Crippen LogP contribution in [0, 0.1) is 5.92 Å². The van der Waals surface area contributed by atoms with Crippen LogP contribution in [0.2, 0.25) is 0 Å². The van der Waals surface area contributed by atoms with Crippen molar-refractivity contribution < 1.29 is 0 Å². The quantitative estimate of drug-likeness (QED) is 0.758. The zero-order chi connectivity index (χ0) is 9.97. The zero-order valence-corrected chi connectivity index (χ0v) is 8.77. The maximum Gasteiger partial charge on any atom is 0.175 e. The molecule has 1 aromatic heterocycles. The second-order valence-electron chi connectivity index (χ2n) is 4.18. The minimum absolute atomic E-state index is 0.304. The van der Waals surface area contributed by atoms with Crippen molar-refractivity contribution >= 4 is 0 Å². The Bertz CT molecular complexity index is 287. The molecule has 1 fully saturated rings. The van der Waals surface area contributed by atoms with Gasteiger partial charge in [-0.3, -0.25) is 0 Å². The van der Waals surface area contributed by atoms with Gasteiger partial charge in [-0.05, 0) is 44.5 Å². The van der Waals surface area contributed by atoms with Crippen LogP contribution in [0.25, 0.3) is 0 Å². The Morgan fingerprint density at radius 1 is 1.57 bits per heavy atom. The highest BCUT2D eigenvalue weighted by molar-refractivity contribution is 4.85. The number of tetrazole rings is 1. The normalized spacial score (nSPS) is 22.1. The summed E-state index contributed by atoms with van der Waals surface area (Å²) in [6.45, 7) is 6.34. The number of hydrogen-bond acceptors (Lipinski definition) is 4. The molecule has 0 spiro atoms. The van der Waals surface area contributed by atoms with Crippen LogP contribution in [-0.2, 0) is 6.42 Å². The Morgan fingerprint density at radius 3 is 3.00 bits per heavy atom. The van der Waals surface area contributed by atoms with E-state index >= 15 is 0 Å². The molecule has 0 bridgehead atoms. The number of aromatic nitrogens is 4. The minimum atomic E-state index is 0.304. The Morgan fingerprint density at radius 2 is 2.43 bits per heavy atom. The Labute approximate surface area is 83.9 Å². The van der Waals surface area contributed by atoms with Gasteiger partial charge in [0.15, 0.2) is 5.82 Å². The van der Waals surface area contributed by atoms with Crippen LogP contribution in [0.15, 0.2) is 0 Å². The molecule has 1 aromatic rings. The smallest absolute Gasteiger partial charge is 0.175 e. The van der Waals surface area contributed by atoms with Crippen LogP contribution >= 0.6 is 0 Å². The van der Waals surface area contributed by atoms with E-state index in [1.165, 1.54) is 6.42 Å². The van der Waals surface area contributed by atoms with Crippen molar-refractivity contribution in [1.82, 2.24) is 25.5 Å². The topological polar surface area (TPSA) is 55.6 Å². The molecule has 2 heterocycles. The monoisotopic (exact) mass is 195 g/mol. The first-order valence-electron chi connectivity index (χ1n) is 5.25. The summed E-state index contributed by atoms with van der Waals surface area (Å²) in [4.78, 5) is 1.68. The maximum atomic E-state index is 4.34. The molecule has 5 heteroatoms. The molecule has 78 valence electrons. The van der Waals surface area contributed by atoms with E-state index in [1.54, 1.807) is 4.80 Å². The highest BCUT2D eigenvalue weighted by atomic mass is 15.6. The number of hydrogen-bond donors (Lipinski definition) is 1. The van der Waals surface area contributed by atoms with Gasteiger partial charge in [-0.2, -0.15) is 4.80 Å².